The topological polar surface area (TPSA) is 54.4 Å². The van der Waals surface area contributed by atoms with E-state index in [1.165, 1.54) is 0 Å². The van der Waals surface area contributed by atoms with Gasteiger partial charge in [0.25, 0.3) is 0 Å². The molecular weight excluding hydrogens is 264 g/mol. The molecule has 3 heteroatoms. The van der Waals surface area contributed by atoms with Gasteiger partial charge in [0.1, 0.15) is 5.78 Å². The summed E-state index contributed by atoms with van der Waals surface area (Å²) in [7, 11) is 0. The average molecular weight is 292 g/mol. The van der Waals surface area contributed by atoms with E-state index in [-0.39, 0.29) is 6.42 Å². The molecule has 0 saturated carbocycles. The van der Waals surface area contributed by atoms with E-state index >= 15 is 0 Å². The Morgan fingerprint density at radius 2 is 1.52 bits per heavy atom. The fourth-order valence-corrected chi connectivity index (χ4v) is 2.06. The highest BCUT2D eigenvalue weighted by molar-refractivity contribution is 5.78. The SMILES string of the molecule is C#CCCCC(=O)CC/C=C\CCCCCCCC(=O)O. The number of rotatable bonds is 14. The molecule has 0 atom stereocenters. The molecule has 0 fully saturated rings. The fraction of sp³-hybridized carbons (Fsp3) is 0.667. The Morgan fingerprint density at radius 1 is 0.857 bits per heavy atom. The number of unbranched alkanes of at least 4 members (excludes halogenated alkanes) is 6. The van der Waals surface area contributed by atoms with Crippen LogP contribution in [0.1, 0.15) is 77.0 Å². The van der Waals surface area contributed by atoms with Crippen molar-refractivity contribution in [2.24, 2.45) is 0 Å². The molecule has 0 aromatic heterocycles. The quantitative estimate of drug-likeness (QED) is 0.291. The van der Waals surface area contributed by atoms with Crippen LogP contribution in [0.25, 0.3) is 0 Å². The number of ketones is 1. The second-order valence-corrected chi connectivity index (χ2v) is 5.31. The third-order valence-corrected chi connectivity index (χ3v) is 3.29. The first-order chi connectivity index (χ1) is 10.2. The Kier molecular flexibility index (Phi) is 13.7. The van der Waals surface area contributed by atoms with Gasteiger partial charge in [-0.15, -0.1) is 12.3 Å². The number of carboxylic acids is 1. The van der Waals surface area contributed by atoms with Gasteiger partial charge in [0, 0.05) is 25.7 Å². The molecule has 0 aromatic rings. The lowest BCUT2D eigenvalue weighted by Gasteiger charge is -1.98. The van der Waals surface area contributed by atoms with Crippen LogP contribution in [0.5, 0.6) is 0 Å². The molecule has 21 heavy (non-hydrogen) atoms. The molecule has 1 N–H and O–H groups in total. The van der Waals surface area contributed by atoms with Crippen LogP contribution < -0.4 is 0 Å². The normalized spacial score (nSPS) is 10.6. The zero-order valence-electron chi connectivity index (χ0n) is 13.0. The van der Waals surface area contributed by atoms with Crippen LogP contribution in [-0.2, 0) is 9.59 Å². The van der Waals surface area contributed by atoms with Crippen LogP contribution in [0, 0.1) is 12.3 Å². The minimum atomic E-state index is -0.702. The van der Waals surface area contributed by atoms with E-state index in [0.717, 1.165) is 51.4 Å². The number of Topliss-reactive ketones (excluding diaryl/α,β-unsaturated/α-hetero) is 1. The van der Waals surface area contributed by atoms with E-state index in [1.807, 2.05) is 0 Å². The molecule has 0 spiro atoms. The van der Waals surface area contributed by atoms with Crippen molar-refractivity contribution in [3.63, 3.8) is 0 Å². The third-order valence-electron chi connectivity index (χ3n) is 3.29. The van der Waals surface area contributed by atoms with Crippen molar-refractivity contribution >= 4 is 11.8 Å². The van der Waals surface area contributed by atoms with Gasteiger partial charge in [0.05, 0.1) is 0 Å². The van der Waals surface area contributed by atoms with Crippen molar-refractivity contribution in [1.82, 2.24) is 0 Å². The van der Waals surface area contributed by atoms with Gasteiger partial charge >= 0.3 is 5.97 Å². The van der Waals surface area contributed by atoms with E-state index < -0.39 is 5.97 Å². The Bertz CT molecular complexity index is 350. The molecule has 0 rings (SSSR count). The minimum absolute atomic E-state index is 0.287. The maximum absolute atomic E-state index is 11.5. The maximum Gasteiger partial charge on any atom is 0.303 e. The van der Waals surface area contributed by atoms with E-state index in [0.29, 0.717) is 25.0 Å². The standard InChI is InChI=1S/C18H28O3/c1-2-3-11-14-17(19)15-12-9-7-5-4-6-8-10-13-16-18(20)21/h1,7,9H,3-6,8,10-16H2,(H,20,21)/b9-7-. The highest BCUT2D eigenvalue weighted by Gasteiger charge is 1.99. The second kappa shape index (κ2) is 14.8. The maximum atomic E-state index is 11.5. The summed E-state index contributed by atoms with van der Waals surface area (Å²) in [5.41, 5.74) is 0. The van der Waals surface area contributed by atoms with Crippen molar-refractivity contribution in [1.29, 1.82) is 0 Å². The zero-order valence-corrected chi connectivity index (χ0v) is 13.0. The van der Waals surface area contributed by atoms with Gasteiger partial charge in [-0.3, -0.25) is 9.59 Å². The number of carboxylic acid groups (broad SMARTS) is 1. The van der Waals surface area contributed by atoms with Crippen LogP contribution in [0.3, 0.4) is 0 Å². The Labute approximate surface area is 128 Å². The smallest absolute Gasteiger partial charge is 0.303 e. The van der Waals surface area contributed by atoms with Crippen LogP contribution in [0.2, 0.25) is 0 Å². The van der Waals surface area contributed by atoms with Crippen LogP contribution in [0.15, 0.2) is 12.2 Å². The minimum Gasteiger partial charge on any atom is -0.481 e. The highest BCUT2D eigenvalue weighted by atomic mass is 16.4. The fourth-order valence-electron chi connectivity index (χ4n) is 2.06. The van der Waals surface area contributed by atoms with Crippen molar-refractivity contribution < 1.29 is 14.7 Å². The first kappa shape index (κ1) is 19.4. The second-order valence-electron chi connectivity index (χ2n) is 5.31. The molecule has 0 aliphatic rings. The summed E-state index contributed by atoms with van der Waals surface area (Å²) in [5.74, 6) is 2.14. The lowest BCUT2D eigenvalue weighted by molar-refractivity contribution is -0.137. The molecule has 118 valence electrons. The number of terminal acetylenes is 1. The Morgan fingerprint density at radius 3 is 2.24 bits per heavy atom. The molecule has 0 aliphatic heterocycles. The van der Waals surface area contributed by atoms with Gasteiger partial charge in [0.15, 0.2) is 0 Å². The first-order valence-corrected chi connectivity index (χ1v) is 7.98. The molecular formula is C18H28O3. The van der Waals surface area contributed by atoms with E-state index in [2.05, 4.69) is 18.1 Å². The van der Waals surface area contributed by atoms with Gasteiger partial charge in [0.2, 0.25) is 0 Å². The van der Waals surface area contributed by atoms with Gasteiger partial charge in [-0.05, 0) is 32.1 Å². The van der Waals surface area contributed by atoms with Gasteiger partial charge in [-0.1, -0.05) is 31.4 Å². The number of allylic oxidation sites excluding steroid dienone is 2. The molecule has 0 saturated heterocycles. The van der Waals surface area contributed by atoms with Gasteiger partial charge in [-0.2, -0.15) is 0 Å². The van der Waals surface area contributed by atoms with Crippen molar-refractivity contribution in [2.45, 2.75) is 77.0 Å². The summed E-state index contributed by atoms with van der Waals surface area (Å²) < 4.78 is 0. The third kappa shape index (κ3) is 16.4. The molecule has 0 heterocycles. The van der Waals surface area contributed by atoms with Crippen LogP contribution in [0.4, 0.5) is 0 Å². The van der Waals surface area contributed by atoms with Crippen molar-refractivity contribution in [3.8, 4) is 12.3 Å². The zero-order chi connectivity index (χ0) is 15.8. The van der Waals surface area contributed by atoms with E-state index in [1.54, 1.807) is 0 Å². The summed E-state index contributed by atoms with van der Waals surface area (Å²) in [5, 5.41) is 8.49. The summed E-state index contributed by atoms with van der Waals surface area (Å²) >= 11 is 0. The van der Waals surface area contributed by atoms with Gasteiger partial charge in [-0.25, -0.2) is 0 Å². The largest absolute Gasteiger partial charge is 0.481 e. The summed E-state index contributed by atoms with van der Waals surface area (Å²) in [6.45, 7) is 0. The summed E-state index contributed by atoms with van der Waals surface area (Å²) in [4.78, 5) is 21.8. The monoisotopic (exact) mass is 292 g/mol. The van der Waals surface area contributed by atoms with E-state index in [4.69, 9.17) is 11.5 Å². The Balaban J connectivity index is 3.27. The summed E-state index contributed by atoms with van der Waals surface area (Å²) in [6.07, 6.45) is 19.4. The average Bonchev–Trinajstić information content (AvgIpc) is 2.44. The van der Waals surface area contributed by atoms with Crippen molar-refractivity contribution in [2.75, 3.05) is 0 Å². The number of hydrogen-bond donors (Lipinski definition) is 1. The number of hydrogen-bond acceptors (Lipinski definition) is 2. The molecule has 0 aromatic carbocycles. The predicted molar refractivity (Wildman–Crippen MR) is 86.0 cm³/mol. The molecule has 3 nitrogen and oxygen atoms in total. The molecule has 0 unspecified atom stereocenters. The first-order valence-electron chi connectivity index (χ1n) is 7.98. The molecule has 0 amide bonds. The lowest BCUT2D eigenvalue weighted by Crippen LogP contribution is -1.96. The van der Waals surface area contributed by atoms with Gasteiger partial charge < -0.3 is 5.11 Å². The lowest BCUT2D eigenvalue weighted by atomic mass is 10.1. The summed E-state index contributed by atoms with van der Waals surface area (Å²) in [6, 6.07) is 0. The molecule has 0 radical (unpaired) electrons. The molecule has 0 aliphatic carbocycles. The number of carbonyl (C=O) groups excluding carboxylic acids is 1. The number of carbonyl (C=O) groups is 2. The van der Waals surface area contributed by atoms with Crippen LogP contribution in [-0.4, -0.2) is 16.9 Å². The van der Waals surface area contributed by atoms with Crippen molar-refractivity contribution in [3.05, 3.63) is 12.2 Å². The van der Waals surface area contributed by atoms with E-state index in [9.17, 15) is 9.59 Å². The predicted octanol–water partition coefficient (Wildman–Crippen LogP) is 4.51. The Hall–Kier alpha value is -1.56. The number of aliphatic carboxylic acids is 1. The highest BCUT2D eigenvalue weighted by Crippen LogP contribution is 2.08. The molecule has 0 bridgehead atoms. The van der Waals surface area contributed by atoms with Crippen LogP contribution >= 0.6 is 0 Å².